The van der Waals surface area contributed by atoms with E-state index in [1.807, 2.05) is 0 Å². The lowest BCUT2D eigenvalue weighted by atomic mass is 10.3. The van der Waals surface area contributed by atoms with Crippen molar-refractivity contribution >= 4 is 11.3 Å². The summed E-state index contributed by atoms with van der Waals surface area (Å²) in [5.41, 5.74) is 1.14. The van der Waals surface area contributed by atoms with Crippen LogP contribution < -0.4 is 5.32 Å². The van der Waals surface area contributed by atoms with E-state index in [-0.39, 0.29) is 0 Å². The van der Waals surface area contributed by atoms with Gasteiger partial charge in [-0.15, -0.1) is 11.3 Å². The van der Waals surface area contributed by atoms with Gasteiger partial charge in [-0.25, -0.2) is 4.98 Å². The Kier molecular flexibility index (Phi) is 6.07. The number of rotatable bonds is 7. The molecule has 0 atom stereocenters. The fourth-order valence-electron chi connectivity index (χ4n) is 2.09. The Morgan fingerprint density at radius 2 is 2.22 bits per heavy atom. The number of ether oxygens (including phenoxy) is 1. The molecule has 0 radical (unpaired) electrons. The molecule has 102 valence electrons. The molecule has 4 nitrogen and oxygen atoms in total. The number of aromatic nitrogens is 1. The van der Waals surface area contributed by atoms with E-state index in [4.69, 9.17) is 4.74 Å². The Hall–Kier alpha value is -0.490. The Labute approximate surface area is 113 Å². The van der Waals surface area contributed by atoms with Crippen molar-refractivity contribution < 1.29 is 4.74 Å². The highest BCUT2D eigenvalue weighted by Gasteiger charge is 2.08. The van der Waals surface area contributed by atoms with Gasteiger partial charge in [-0.2, -0.15) is 0 Å². The molecule has 18 heavy (non-hydrogen) atoms. The average molecular weight is 269 g/mol. The highest BCUT2D eigenvalue weighted by molar-refractivity contribution is 7.09. The van der Waals surface area contributed by atoms with E-state index < -0.39 is 0 Å². The van der Waals surface area contributed by atoms with Crippen LogP contribution in [0.3, 0.4) is 0 Å². The second kappa shape index (κ2) is 7.84. The molecule has 0 unspecified atom stereocenters. The second-order valence-electron chi connectivity index (χ2n) is 4.69. The molecule has 1 aliphatic rings. The topological polar surface area (TPSA) is 37.4 Å². The first kappa shape index (κ1) is 13.9. The maximum absolute atomic E-state index is 5.33. The minimum atomic E-state index is 0.900. The van der Waals surface area contributed by atoms with E-state index in [0.717, 1.165) is 51.5 Å². The van der Waals surface area contributed by atoms with Gasteiger partial charge in [-0.05, 0) is 26.4 Å². The summed E-state index contributed by atoms with van der Waals surface area (Å²) < 4.78 is 5.33. The van der Waals surface area contributed by atoms with Gasteiger partial charge in [0.2, 0.25) is 0 Å². The zero-order valence-corrected chi connectivity index (χ0v) is 12.0. The first-order chi connectivity index (χ1) is 8.84. The third-order valence-corrected chi connectivity index (χ3v) is 4.14. The van der Waals surface area contributed by atoms with Crippen molar-refractivity contribution in [3.63, 3.8) is 0 Å². The number of hydrogen-bond donors (Lipinski definition) is 1. The molecule has 1 saturated heterocycles. The Morgan fingerprint density at radius 3 is 2.94 bits per heavy atom. The first-order valence-corrected chi connectivity index (χ1v) is 7.64. The van der Waals surface area contributed by atoms with E-state index in [0.29, 0.717) is 0 Å². The molecule has 1 aromatic heterocycles. The molecule has 1 aliphatic heterocycles. The average Bonchev–Trinajstić information content (AvgIpc) is 2.81. The van der Waals surface area contributed by atoms with Gasteiger partial charge in [0.15, 0.2) is 0 Å². The van der Waals surface area contributed by atoms with Gasteiger partial charge in [-0.1, -0.05) is 0 Å². The monoisotopic (exact) mass is 269 g/mol. The van der Waals surface area contributed by atoms with Crippen LogP contribution in [-0.4, -0.2) is 55.8 Å². The summed E-state index contributed by atoms with van der Waals surface area (Å²) >= 11 is 1.76. The van der Waals surface area contributed by atoms with Gasteiger partial charge in [0.05, 0.1) is 18.2 Å². The number of nitrogens with zero attached hydrogens (tertiary/aromatic N) is 2. The van der Waals surface area contributed by atoms with Gasteiger partial charge in [0.25, 0.3) is 0 Å². The summed E-state index contributed by atoms with van der Waals surface area (Å²) in [5.74, 6) is 0. The molecule has 2 rings (SSSR count). The molecular formula is C13H23N3OS. The van der Waals surface area contributed by atoms with Crippen LogP contribution in [0, 0.1) is 6.92 Å². The molecule has 0 saturated carbocycles. The summed E-state index contributed by atoms with van der Waals surface area (Å²) in [6.45, 7) is 9.37. The minimum absolute atomic E-state index is 0.900. The molecule has 0 spiro atoms. The fraction of sp³-hybridized carbons (Fsp3) is 0.769. The van der Waals surface area contributed by atoms with Gasteiger partial charge in [-0.3, -0.25) is 4.90 Å². The zero-order chi connectivity index (χ0) is 12.6. The van der Waals surface area contributed by atoms with Crippen LogP contribution in [0.1, 0.15) is 17.1 Å². The van der Waals surface area contributed by atoms with Crippen molar-refractivity contribution in [1.29, 1.82) is 0 Å². The normalized spacial score (nSPS) is 17.2. The first-order valence-electron chi connectivity index (χ1n) is 6.76. The van der Waals surface area contributed by atoms with E-state index in [1.165, 1.54) is 18.0 Å². The largest absolute Gasteiger partial charge is 0.379 e. The maximum Gasteiger partial charge on any atom is 0.0940 e. The number of aryl methyl sites for hydroxylation is 1. The lowest BCUT2D eigenvalue weighted by molar-refractivity contribution is 0.0375. The third-order valence-electron chi connectivity index (χ3n) is 3.11. The Balaban J connectivity index is 1.46. The fourth-order valence-corrected chi connectivity index (χ4v) is 2.87. The van der Waals surface area contributed by atoms with Crippen molar-refractivity contribution in [3.05, 3.63) is 16.1 Å². The minimum Gasteiger partial charge on any atom is -0.379 e. The van der Waals surface area contributed by atoms with E-state index in [1.54, 1.807) is 11.3 Å². The van der Waals surface area contributed by atoms with Crippen LogP contribution in [0.2, 0.25) is 0 Å². The van der Waals surface area contributed by atoms with Gasteiger partial charge in [0.1, 0.15) is 0 Å². The molecule has 2 heterocycles. The summed E-state index contributed by atoms with van der Waals surface area (Å²) in [5, 5.41) is 6.85. The van der Waals surface area contributed by atoms with Crippen LogP contribution in [0.25, 0.3) is 0 Å². The molecule has 1 fully saturated rings. The maximum atomic E-state index is 5.33. The van der Waals surface area contributed by atoms with Gasteiger partial charge in [0, 0.05) is 37.1 Å². The Bertz CT molecular complexity index is 337. The quantitative estimate of drug-likeness (QED) is 0.757. The third kappa shape index (κ3) is 5.02. The lowest BCUT2D eigenvalue weighted by Gasteiger charge is -2.26. The zero-order valence-electron chi connectivity index (χ0n) is 11.2. The molecular weight excluding hydrogens is 246 g/mol. The summed E-state index contributed by atoms with van der Waals surface area (Å²) in [7, 11) is 0. The number of hydrogen-bond acceptors (Lipinski definition) is 5. The number of morpholine rings is 1. The summed E-state index contributed by atoms with van der Waals surface area (Å²) in [4.78, 5) is 6.94. The standard InChI is InChI=1S/C13H23N3OS/c1-12-11-18-13(15-12)3-5-14-4-2-6-16-7-9-17-10-8-16/h11,14H,2-10H2,1H3. The predicted octanol–water partition coefficient (Wildman–Crippen LogP) is 1.31. The van der Waals surface area contributed by atoms with Gasteiger partial charge >= 0.3 is 0 Å². The van der Waals surface area contributed by atoms with E-state index in [9.17, 15) is 0 Å². The highest BCUT2D eigenvalue weighted by atomic mass is 32.1. The van der Waals surface area contributed by atoms with E-state index in [2.05, 4.69) is 27.5 Å². The Morgan fingerprint density at radius 1 is 1.39 bits per heavy atom. The van der Waals surface area contributed by atoms with Crippen LogP contribution in [0.5, 0.6) is 0 Å². The van der Waals surface area contributed by atoms with Crippen molar-refractivity contribution in [2.75, 3.05) is 45.9 Å². The van der Waals surface area contributed by atoms with Crippen LogP contribution in [-0.2, 0) is 11.2 Å². The second-order valence-corrected chi connectivity index (χ2v) is 5.63. The van der Waals surface area contributed by atoms with Crippen LogP contribution >= 0.6 is 11.3 Å². The summed E-state index contributed by atoms with van der Waals surface area (Å²) in [6, 6.07) is 0. The molecule has 1 N–H and O–H groups in total. The molecule has 1 aromatic rings. The van der Waals surface area contributed by atoms with Crippen LogP contribution in [0.15, 0.2) is 5.38 Å². The highest BCUT2D eigenvalue weighted by Crippen LogP contribution is 2.08. The van der Waals surface area contributed by atoms with Crippen molar-refractivity contribution in [1.82, 2.24) is 15.2 Å². The summed E-state index contributed by atoms with van der Waals surface area (Å²) in [6.07, 6.45) is 2.27. The molecule has 0 amide bonds. The number of nitrogens with one attached hydrogen (secondary N) is 1. The van der Waals surface area contributed by atoms with Crippen molar-refractivity contribution in [2.45, 2.75) is 19.8 Å². The molecule has 0 bridgehead atoms. The van der Waals surface area contributed by atoms with Crippen molar-refractivity contribution in [3.8, 4) is 0 Å². The van der Waals surface area contributed by atoms with E-state index >= 15 is 0 Å². The molecule has 0 aliphatic carbocycles. The van der Waals surface area contributed by atoms with Crippen LogP contribution in [0.4, 0.5) is 0 Å². The SMILES string of the molecule is Cc1csc(CCNCCCN2CCOCC2)n1. The predicted molar refractivity (Wildman–Crippen MR) is 75.3 cm³/mol. The van der Waals surface area contributed by atoms with Gasteiger partial charge < -0.3 is 10.1 Å². The number of thiazole rings is 1. The molecule has 5 heteroatoms. The molecule has 0 aromatic carbocycles. The van der Waals surface area contributed by atoms with Crippen molar-refractivity contribution in [2.24, 2.45) is 0 Å². The smallest absolute Gasteiger partial charge is 0.0940 e. The lowest BCUT2D eigenvalue weighted by Crippen LogP contribution is -2.37.